The number of aliphatic hydroxyl groups excluding tert-OH is 1. The molecule has 0 aliphatic carbocycles. The first-order valence-electron chi connectivity index (χ1n) is 9.84. The number of aliphatic hydroxyl groups is 1. The molecule has 1 saturated heterocycles. The summed E-state index contributed by atoms with van der Waals surface area (Å²) in [5.74, 6) is -0.230. The molecule has 1 unspecified atom stereocenters. The quantitative estimate of drug-likeness (QED) is 0.822. The fraction of sp³-hybridized carbons (Fsp3) is 0.500. The molecule has 2 N–H and O–H groups in total. The lowest BCUT2D eigenvalue weighted by Crippen LogP contribution is -2.56. The Morgan fingerprint density at radius 2 is 2.17 bits per heavy atom. The van der Waals surface area contributed by atoms with Gasteiger partial charge in [0.15, 0.2) is 6.10 Å². The number of anilines is 1. The number of nitrogens with one attached hydrogen (secondary N) is 1. The van der Waals surface area contributed by atoms with Crippen LogP contribution in [0.2, 0.25) is 0 Å². The first kappa shape index (κ1) is 21.0. The van der Waals surface area contributed by atoms with Gasteiger partial charge >= 0.3 is 0 Å². The minimum absolute atomic E-state index is 0.132. The summed E-state index contributed by atoms with van der Waals surface area (Å²) in [6, 6.07) is 9.28. The standard InChI is InChI=1S/C22H28N4O3/c1-14-11-26(12-18(29-14)21(28)25-19(13-27)22(2,3)4)17-8-7-15(10-23)20-16(17)6-5-9-24-20/h5-9,14,18-19,27H,11-13H2,1-4H3,(H,25,28)/t14-,18-,19?/m1/s1. The van der Waals surface area contributed by atoms with Crippen LogP contribution in [0.1, 0.15) is 33.3 Å². The molecular formula is C22H28N4O3. The minimum Gasteiger partial charge on any atom is -0.394 e. The van der Waals surface area contributed by atoms with E-state index < -0.39 is 6.10 Å². The number of carbonyl (C=O) groups is 1. The molecule has 2 heterocycles. The predicted octanol–water partition coefficient (Wildman–Crippen LogP) is 2.22. The van der Waals surface area contributed by atoms with Crippen LogP contribution in [0.5, 0.6) is 0 Å². The van der Waals surface area contributed by atoms with Crippen molar-refractivity contribution in [1.29, 1.82) is 5.26 Å². The molecule has 2 aromatic rings. The molecule has 0 radical (unpaired) electrons. The van der Waals surface area contributed by atoms with Crippen LogP contribution in [0.15, 0.2) is 30.5 Å². The summed E-state index contributed by atoms with van der Waals surface area (Å²) in [4.78, 5) is 19.3. The van der Waals surface area contributed by atoms with Crippen molar-refractivity contribution < 1.29 is 14.6 Å². The number of benzene rings is 1. The van der Waals surface area contributed by atoms with E-state index in [1.807, 2.05) is 45.9 Å². The van der Waals surface area contributed by atoms with Crippen molar-refractivity contribution >= 4 is 22.5 Å². The molecule has 1 aromatic carbocycles. The lowest BCUT2D eigenvalue weighted by Gasteiger charge is -2.39. The van der Waals surface area contributed by atoms with E-state index in [1.165, 1.54) is 0 Å². The van der Waals surface area contributed by atoms with Crippen LogP contribution in [0, 0.1) is 16.7 Å². The first-order valence-corrected chi connectivity index (χ1v) is 9.84. The van der Waals surface area contributed by atoms with E-state index in [-0.39, 0.29) is 30.1 Å². The zero-order valence-corrected chi connectivity index (χ0v) is 17.3. The van der Waals surface area contributed by atoms with Crippen LogP contribution in [0.4, 0.5) is 5.69 Å². The third-order valence-electron chi connectivity index (χ3n) is 5.30. The molecule has 1 aliphatic rings. The van der Waals surface area contributed by atoms with Crippen molar-refractivity contribution in [3.8, 4) is 6.07 Å². The molecule has 0 bridgehead atoms. The predicted molar refractivity (Wildman–Crippen MR) is 111 cm³/mol. The second-order valence-corrected chi connectivity index (χ2v) is 8.59. The Labute approximate surface area is 171 Å². The van der Waals surface area contributed by atoms with Gasteiger partial charge in [0.2, 0.25) is 0 Å². The van der Waals surface area contributed by atoms with Gasteiger partial charge in [-0.2, -0.15) is 5.26 Å². The minimum atomic E-state index is -0.655. The van der Waals surface area contributed by atoms with Gasteiger partial charge < -0.3 is 20.1 Å². The largest absolute Gasteiger partial charge is 0.394 e. The van der Waals surface area contributed by atoms with Crippen LogP contribution in [-0.2, 0) is 9.53 Å². The summed E-state index contributed by atoms with van der Waals surface area (Å²) in [5.41, 5.74) is 1.84. The summed E-state index contributed by atoms with van der Waals surface area (Å²) in [5, 5.41) is 22.8. The van der Waals surface area contributed by atoms with Crippen LogP contribution in [-0.4, -0.2) is 53.9 Å². The highest BCUT2D eigenvalue weighted by molar-refractivity contribution is 5.95. The van der Waals surface area contributed by atoms with E-state index in [1.54, 1.807) is 12.3 Å². The van der Waals surface area contributed by atoms with Gasteiger partial charge in [-0.3, -0.25) is 9.78 Å². The fourth-order valence-corrected chi connectivity index (χ4v) is 3.62. The third kappa shape index (κ3) is 4.50. The van der Waals surface area contributed by atoms with Crippen molar-refractivity contribution in [2.75, 3.05) is 24.6 Å². The Morgan fingerprint density at radius 1 is 1.41 bits per heavy atom. The Morgan fingerprint density at radius 3 is 2.83 bits per heavy atom. The number of rotatable bonds is 4. The summed E-state index contributed by atoms with van der Waals surface area (Å²) in [6.45, 7) is 8.73. The Hall–Kier alpha value is -2.69. The van der Waals surface area contributed by atoms with E-state index in [2.05, 4.69) is 21.3 Å². The number of hydrogen-bond acceptors (Lipinski definition) is 6. The van der Waals surface area contributed by atoms with Crippen molar-refractivity contribution in [3.63, 3.8) is 0 Å². The highest BCUT2D eigenvalue weighted by Gasteiger charge is 2.34. The molecule has 3 atom stereocenters. The second-order valence-electron chi connectivity index (χ2n) is 8.59. The molecule has 3 rings (SSSR count). The molecular weight excluding hydrogens is 368 g/mol. The molecule has 29 heavy (non-hydrogen) atoms. The van der Waals surface area contributed by atoms with Crippen molar-refractivity contribution in [3.05, 3.63) is 36.0 Å². The fourth-order valence-electron chi connectivity index (χ4n) is 3.62. The van der Waals surface area contributed by atoms with Gasteiger partial charge in [-0.05, 0) is 36.6 Å². The normalized spacial score (nSPS) is 20.9. The molecule has 1 aliphatic heterocycles. The molecule has 1 aromatic heterocycles. The molecule has 1 amide bonds. The van der Waals surface area contributed by atoms with Gasteiger partial charge in [-0.1, -0.05) is 20.8 Å². The van der Waals surface area contributed by atoms with Crippen LogP contribution >= 0.6 is 0 Å². The summed E-state index contributed by atoms with van der Waals surface area (Å²) >= 11 is 0. The number of fused-ring (bicyclic) bond motifs is 1. The number of aromatic nitrogens is 1. The van der Waals surface area contributed by atoms with Crippen LogP contribution < -0.4 is 10.2 Å². The molecule has 0 saturated carbocycles. The third-order valence-corrected chi connectivity index (χ3v) is 5.30. The highest BCUT2D eigenvalue weighted by atomic mass is 16.5. The van der Waals surface area contributed by atoms with E-state index in [0.29, 0.717) is 24.2 Å². The van der Waals surface area contributed by atoms with Crippen molar-refractivity contribution in [2.45, 2.75) is 45.9 Å². The van der Waals surface area contributed by atoms with Gasteiger partial charge in [-0.25, -0.2) is 0 Å². The average Bonchev–Trinajstić information content (AvgIpc) is 2.69. The summed E-state index contributed by atoms with van der Waals surface area (Å²) < 4.78 is 5.91. The molecule has 1 fully saturated rings. The van der Waals surface area contributed by atoms with E-state index in [4.69, 9.17) is 4.74 Å². The smallest absolute Gasteiger partial charge is 0.251 e. The number of ether oxygens (including phenoxy) is 1. The Kier molecular flexibility index (Phi) is 6.06. The van der Waals surface area contributed by atoms with Crippen LogP contribution in [0.3, 0.4) is 0 Å². The highest BCUT2D eigenvalue weighted by Crippen LogP contribution is 2.30. The van der Waals surface area contributed by atoms with Crippen molar-refractivity contribution in [2.24, 2.45) is 5.41 Å². The number of carbonyl (C=O) groups excluding carboxylic acids is 1. The van der Waals surface area contributed by atoms with Gasteiger partial charge in [-0.15, -0.1) is 0 Å². The Balaban J connectivity index is 1.87. The first-order chi connectivity index (χ1) is 13.7. The molecule has 7 nitrogen and oxygen atoms in total. The lowest BCUT2D eigenvalue weighted by atomic mass is 9.87. The topological polar surface area (TPSA) is 98.5 Å². The van der Waals surface area contributed by atoms with Gasteiger partial charge in [0.05, 0.1) is 36.4 Å². The maximum atomic E-state index is 12.9. The maximum absolute atomic E-state index is 12.9. The second kappa shape index (κ2) is 8.36. The van der Waals surface area contributed by atoms with E-state index in [9.17, 15) is 15.2 Å². The number of nitriles is 1. The zero-order chi connectivity index (χ0) is 21.2. The number of pyridine rings is 1. The maximum Gasteiger partial charge on any atom is 0.251 e. The molecule has 0 spiro atoms. The molecule has 7 heteroatoms. The SMILES string of the molecule is C[C@@H]1CN(c2ccc(C#N)c3ncccc23)C[C@H](C(=O)NC(CO)C(C)(C)C)O1. The number of nitrogens with zero attached hydrogens (tertiary/aromatic N) is 3. The van der Waals surface area contributed by atoms with E-state index in [0.717, 1.165) is 11.1 Å². The van der Waals surface area contributed by atoms with Gasteiger partial charge in [0.25, 0.3) is 5.91 Å². The number of hydrogen-bond donors (Lipinski definition) is 2. The molecule has 154 valence electrons. The Bertz CT molecular complexity index is 932. The lowest BCUT2D eigenvalue weighted by molar-refractivity contribution is -0.139. The van der Waals surface area contributed by atoms with Crippen LogP contribution in [0.25, 0.3) is 10.9 Å². The number of morpholine rings is 1. The number of amides is 1. The van der Waals surface area contributed by atoms with Gasteiger partial charge in [0, 0.05) is 23.8 Å². The summed E-state index contributed by atoms with van der Waals surface area (Å²) in [7, 11) is 0. The zero-order valence-electron chi connectivity index (χ0n) is 17.3. The summed E-state index contributed by atoms with van der Waals surface area (Å²) in [6.07, 6.45) is 0.869. The van der Waals surface area contributed by atoms with Crippen molar-refractivity contribution in [1.82, 2.24) is 10.3 Å². The average molecular weight is 396 g/mol. The van der Waals surface area contributed by atoms with E-state index >= 15 is 0 Å². The van der Waals surface area contributed by atoms with Gasteiger partial charge in [0.1, 0.15) is 6.07 Å². The monoisotopic (exact) mass is 396 g/mol.